The molecule has 0 aliphatic carbocycles. The average molecular weight is 240 g/mol. The largest absolute Gasteiger partial charge is 0.396 e. The van der Waals surface area contributed by atoms with Crippen molar-refractivity contribution in [3.63, 3.8) is 0 Å². The zero-order valence-corrected chi connectivity index (χ0v) is 10.7. The lowest BCUT2D eigenvalue weighted by atomic mass is 9.99. The molecule has 0 aromatic heterocycles. The molecule has 0 aromatic rings. The highest BCUT2D eigenvalue weighted by Crippen LogP contribution is 2.26. The monoisotopic (exact) mass is 240 g/mol. The van der Waals surface area contributed by atoms with E-state index < -0.39 is 0 Å². The number of aliphatic hydroxyl groups is 1. The van der Waals surface area contributed by atoms with Crippen LogP contribution >= 0.6 is 0 Å². The fourth-order valence-electron chi connectivity index (χ4n) is 3.16. The summed E-state index contributed by atoms with van der Waals surface area (Å²) in [6.45, 7) is 4.22. The van der Waals surface area contributed by atoms with Crippen LogP contribution in [0.3, 0.4) is 0 Å². The molecule has 4 heteroatoms. The van der Waals surface area contributed by atoms with Gasteiger partial charge >= 0.3 is 0 Å². The Kier molecular flexibility index (Phi) is 4.40. The van der Waals surface area contributed by atoms with Gasteiger partial charge in [-0.1, -0.05) is 0 Å². The molecule has 98 valence electrons. The van der Waals surface area contributed by atoms with Gasteiger partial charge in [-0.25, -0.2) is 0 Å². The van der Waals surface area contributed by atoms with Gasteiger partial charge in [-0.05, 0) is 45.6 Å². The molecule has 0 saturated carbocycles. The minimum atomic E-state index is 0.171. The third-order valence-electron chi connectivity index (χ3n) is 4.20. The highest BCUT2D eigenvalue weighted by Gasteiger charge is 2.36. The molecule has 3 atom stereocenters. The predicted octanol–water partition coefficient (Wildman–Crippen LogP) is 0.748. The van der Waals surface area contributed by atoms with Gasteiger partial charge < -0.3 is 15.3 Å². The summed E-state index contributed by atoms with van der Waals surface area (Å²) in [6.07, 6.45) is 4.98. The second kappa shape index (κ2) is 5.83. The van der Waals surface area contributed by atoms with E-state index in [4.69, 9.17) is 5.11 Å². The van der Waals surface area contributed by atoms with Crippen LogP contribution in [-0.4, -0.2) is 47.7 Å². The fraction of sp³-hybridized carbons (Fsp3) is 0.923. The molecule has 0 aromatic carbocycles. The van der Waals surface area contributed by atoms with E-state index in [2.05, 4.69) is 17.1 Å². The van der Waals surface area contributed by atoms with Crippen LogP contribution in [0.2, 0.25) is 0 Å². The lowest BCUT2D eigenvalue weighted by molar-refractivity contribution is -0.136. The van der Waals surface area contributed by atoms with Gasteiger partial charge in [0.2, 0.25) is 5.91 Å². The lowest BCUT2D eigenvalue weighted by Gasteiger charge is -2.28. The summed E-state index contributed by atoms with van der Waals surface area (Å²) in [6, 6.07) is 0.698. The Morgan fingerprint density at radius 2 is 2.29 bits per heavy atom. The van der Waals surface area contributed by atoms with Gasteiger partial charge in [-0.3, -0.25) is 4.79 Å². The first-order chi connectivity index (χ1) is 8.24. The normalized spacial score (nSPS) is 33.3. The van der Waals surface area contributed by atoms with E-state index in [0.29, 0.717) is 18.0 Å². The van der Waals surface area contributed by atoms with Crippen molar-refractivity contribution < 1.29 is 9.90 Å². The summed E-state index contributed by atoms with van der Waals surface area (Å²) in [4.78, 5) is 14.5. The molecule has 2 aliphatic rings. The summed E-state index contributed by atoms with van der Waals surface area (Å²) in [5.41, 5.74) is 0. The molecular formula is C13H24N2O2. The lowest BCUT2D eigenvalue weighted by Crippen LogP contribution is -2.42. The van der Waals surface area contributed by atoms with Gasteiger partial charge in [0.05, 0.1) is 5.92 Å². The Hall–Kier alpha value is -0.610. The number of amides is 1. The number of likely N-dealkylation sites (tertiary alicyclic amines) is 1. The van der Waals surface area contributed by atoms with Crippen molar-refractivity contribution in [1.29, 1.82) is 0 Å². The molecule has 2 saturated heterocycles. The van der Waals surface area contributed by atoms with Crippen LogP contribution in [0, 0.1) is 5.92 Å². The zero-order valence-electron chi connectivity index (χ0n) is 10.7. The Morgan fingerprint density at radius 3 is 2.94 bits per heavy atom. The quantitative estimate of drug-likeness (QED) is 0.762. The summed E-state index contributed by atoms with van der Waals surface area (Å²) in [5, 5.41) is 12.2. The number of rotatable bonds is 4. The first-order valence-corrected chi connectivity index (χ1v) is 6.88. The van der Waals surface area contributed by atoms with E-state index in [1.54, 1.807) is 0 Å². The Bertz CT molecular complexity index is 270. The van der Waals surface area contributed by atoms with E-state index in [-0.39, 0.29) is 12.5 Å². The van der Waals surface area contributed by atoms with Crippen molar-refractivity contribution in [3.8, 4) is 0 Å². The molecule has 17 heavy (non-hydrogen) atoms. The molecule has 2 fully saturated rings. The minimum absolute atomic E-state index is 0.171. The van der Waals surface area contributed by atoms with Crippen LogP contribution in [0.25, 0.3) is 0 Å². The molecule has 0 radical (unpaired) electrons. The molecule has 4 nitrogen and oxygen atoms in total. The zero-order chi connectivity index (χ0) is 12.3. The standard InChI is InChI=1S/C13H24N2O2/c1-10-12(6-7-14-10)13(17)15-8-2-4-11(15)5-3-9-16/h10-12,14,16H,2-9H2,1H3. The number of hydrogen-bond acceptors (Lipinski definition) is 3. The molecule has 2 heterocycles. The summed E-state index contributed by atoms with van der Waals surface area (Å²) < 4.78 is 0. The molecule has 2 N–H and O–H groups in total. The average Bonchev–Trinajstić information content (AvgIpc) is 2.94. The number of hydrogen-bond donors (Lipinski definition) is 2. The highest BCUT2D eigenvalue weighted by molar-refractivity contribution is 5.80. The van der Waals surface area contributed by atoms with Gasteiger partial charge in [-0.2, -0.15) is 0 Å². The van der Waals surface area contributed by atoms with E-state index in [0.717, 1.165) is 45.2 Å². The predicted molar refractivity (Wildman–Crippen MR) is 66.6 cm³/mol. The number of carbonyl (C=O) groups is 1. The van der Waals surface area contributed by atoms with Gasteiger partial charge in [0, 0.05) is 25.2 Å². The van der Waals surface area contributed by atoms with Gasteiger partial charge in [-0.15, -0.1) is 0 Å². The van der Waals surface area contributed by atoms with Crippen molar-refractivity contribution in [3.05, 3.63) is 0 Å². The molecule has 1 amide bonds. The summed E-state index contributed by atoms with van der Waals surface area (Å²) >= 11 is 0. The first kappa shape index (κ1) is 12.8. The summed E-state index contributed by atoms with van der Waals surface area (Å²) in [7, 11) is 0. The maximum Gasteiger partial charge on any atom is 0.227 e. The molecular weight excluding hydrogens is 216 g/mol. The van der Waals surface area contributed by atoms with Crippen LogP contribution in [0.5, 0.6) is 0 Å². The van der Waals surface area contributed by atoms with E-state index in [1.165, 1.54) is 0 Å². The number of nitrogens with one attached hydrogen (secondary N) is 1. The minimum Gasteiger partial charge on any atom is -0.396 e. The van der Waals surface area contributed by atoms with Crippen molar-refractivity contribution in [2.24, 2.45) is 5.92 Å². The first-order valence-electron chi connectivity index (χ1n) is 6.88. The number of aliphatic hydroxyl groups excluding tert-OH is 1. The fourth-order valence-corrected chi connectivity index (χ4v) is 3.16. The Balaban J connectivity index is 1.93. The van der Waals surface area contributed by atoms with E-state index >= 15 is 0 Å². The van der Waals surface area contributed by atoms with E-state index in [9.17, 15) is 4.79 Å². The van der Waals surface area contributed by atoms with Crippen molar-refractivity contribution in [1.82, 2.24) is 10.2 Å². The van der Waals surface area contributed by atoms with Crippen LogP contribution in [0.1, 0.15) is 39.0 Å². The third kappa shape index (κ3) is 2.80. The van der Waals surface area contributed by atoms with Crippen LogP contribution in [0.4, 0.5) is 0 Å². The van der Waals surface area contributed by atoms with E-state index in [1.807, 2.05) is 0 Å². The van der Waals surface area contributed by atoms with Crippen LogP contribution in [-0.2, 0) is 4.79 Å². The maximum absolute atomic E-state index is 12.5. The molecule has 2 aliphatic heterocycles. The Morgan fingerprint density at radius 1 is 1.47 bits per heavy atom. The second-order valence-corrected chi connectivity index (χ2v) is 5.33. The molecule has 2 rings (SSSR count). The SMILES string of the molecule is CC1NCCC1C(=O)N1CCCC1CCCO. The second-order valence-electron chi connectivity index (χ2n) is 5.33. The Labute approximate surface area is 103 Å². The van der Waals surface area contributed by atoms with Gasteiger partial charge in [0.1, 0.15) is 0 Å². The van der Waals surface area contributed by atoms with Crippen LogP contribution < -0.4 is 5.32 Å². The topological polar surface area (TPSA) is 52.6 Å². The van der Waals surface area contributed by atoms with Crippen molar-refractivity contribution in [2.45, 2.75) is 51.1 Å². The van der Waals surface area contributed by atoms with Gasteiger partial charge in [0.15, 0.2) is 0 Å². The molecule has 0 spiro atoms. The third-order valence-corrected chi connectivity index (χ3v) is 4.20. The summed E-state index contributed by atoms with van der Waals surface area (Å²) in [5.74, 6) is 0.507. The highest BCUT2D eigenvalue weighted by atomic mass is 16.3. The maximum atomic E-state index is 12.5. The molecule has 3 unspecified atom stereocenters. The molecule has 0 bridgehead atoms. The number of carbonyl (C=O) groups excluding carboxylic acids is 1. The van der Waals surface area contributed by atoms with Gasteiger partial charge in [0.25, 0.3) is 0 Å². The van der Waals surface area contributed by atoms with Crippen molar-refractivity contribution in [2.75, 3.05) is 19.7 Å². The van der Waals surface area contributed by atoms with Crippen molar-refractivity contribution >= 4 is 5.91 Å². The van der Waals surface area contributed by atoms with Crippen LogP contribution in [0.15, 0.2) is 0 Å². The smallest absolute Gasteiger partial charge is 0.227 e. The number of nitrogens with zero attached hydrogens (tertiary/aromatic N) is 1.